The van der Waals surface area contributed by atoms with Crippen molar-refractivity contribution in [1.82, 2.24) is 25.8 Å². The zero-order chi connectivity index (χ0) is 25.5. The molecule has 0 unspecified atom stereocenters. The summed E-state index contributed by atoms with van der Waals surface area (Å²) in [5.74, 6) is -0.671. The monoisotopic (exact) mass is 504 g/mol. The van der Waals surface area contributed by atoms with Gasteiger partial charge < -0.3 is 31.5 Å². The van der Waals surface area contributed by atoms with Crippen LogP contribution in [0.2, 0.25) is 0 Å². The van der Waals surface area contributed by atoms with E-state index in [1.165, 1.54) is 6.42 Å². The minimum absolute atomic E-state index is 0.0199. The maximum Gasteiger partial charge on any atom is 0.245 e. The van der Waals surface area contributed by atoms with Crippen molar-refractivity contribution < 1.29 is 19.2 Å². The number of piperazine rings is 1. The van der Waals surface area contributed by atoms with Crippen LogP contribution in [0, 0.1) is 17.8 Å². The van der Waals surface area contributed by atoms with Gasteiger partial charge in [-0.2, -0.15) is 0 Å². The number of amides is 4. The first-order valence-corrected chi connectivity index (χ1v) is 14.0. The molecule has 4 amide bonds. The van der Waals surface area contributed by atoms with E-state index in [0.717, 1.165) is 77.5 Å². The molecular formula is C26H44N6O4. The molecule has 202 valence electrons. The SMILES string of the molecule is NC(=O)[C@H](CC1CCCCC1)NC(=O)[C@H]1CN(C(=O)C2CCNCC2)CCN1C(=O)C1CCNCC1. The molecule has 2 atom stereocenters. The molecule has 3 heterocycles. The van der Waals surface area contributed by atoms with E-state index in [0.29, 0.717) is 25.4 Å². The van der Waals surface area contributed by atoms with E-state index < -0.39 is 18.0 Å². The molecule has 0 aromatic carbocycles. The highest BCUT2D eigenvalue weighted by molar-refractivity contribution is 5.93. The first-order valence-electron chi connectivity index (χ1n) is 14.0. The molecule has 4 aliphatic rings. The van der Waals surface area contributed by atoms with E-state index in [9.17, 15) is 19.2 Å². The molecule has 1 saturated carbocycles. The number of hydrogen-bond donors (Lipinski definition) is 4. The number of carbonyl (C=O) groups excluding carboxylic acids is 4. The van der Waals surface area contributed by atoms with Gasteiger partial charge in [-0.3, -0.25) is 19.2 Å². The lowest BCUT2D eigenvalue weighted by Crippen LogP contribution is -2.64. The highest BCUT2D eigenvalue weighted by Gasteiger charge is 2.41. The highest BCUT2D eigenvalue weighted by atomic mass is 16.2. The summed E-state index contributed by atoms with van der Waals surface area (Å²) in [5.41, 5.74) is 5.70. The zero-order valence-corrected chi connectivity index (χ0v) is 21.5. The van der Waals surface area contributed by atoms with Crippen molar-refractivity contribution in [3.63, 3.8) is 0 Å². The summed E-state index contributed by atoms with van der Waals surface area (Å²) in [6.45, 7) is 4.14. The lowest BCUT2D eigenvalue weighted by Gasteiger charge is -2.43. The van der Waals surface area contributed by atoms with Gasteiger partial charge in [0.1, 0.15) is 12.1 Å². The van der Waals surface area contributed by atoms with Crippen LogP contribution >= 0.6 is 0 Å². The van der Waals surface area contributed by atoms with Crippen LogP contribution in [0.5, 0.6) is 0 Å². The van der Waals surface area contributed by atoms with Gasteiger partial charge in [0.2, 0.25) is 23.6 Å². The first-order chi connectivity index (χ1) is 17.4. The van der Waals surface area contributed by atoms with Crippen molar-refractivity contribution in [3.8, 4) is 0 Å². The Balaban J connectivity index is 1.47. The van der Waals surface area contributed by atoms with Crippen molar-refractivity contribution in [2.75, 3.05) is 45.8 Å². The minimum atomic E-state index is -0.806. The highest BCUT2D eigenvalue weighted by Crippen LogP contribution is 2.28. The molecule has 0 spiro atoms. The summed E-state index contributed by atoms with van der Waals surface area (Å²) < 4.78 is 0. The number of nitrogens with one attached hydrogen (secondary N) is 3. The summed E-state index contributed by atoms with van der Waals surface area (Å²) in [4.78, 5) is 56.1. The molecule has 36 heavy (non-hydrogen) atoms. The van der Waals surface area contributed by atoms with Crippen LogP contribution in [-0.2, 0) is 19.2 Å². The van der Waals surface area contributed by atoms with Crippen LogP contribution < -0.4 is 21.7 Å². The molecule has 3 saturated heterocycles. The second-order valence-electron chi connectivity index (χ2n) is 11.1. The maximum absolute atomic E-state index is 13.6. The van der Waals surface area contributed by atoms with Gasteiger partial charge in [-0.05, 0) is 64.2 Å². The summed E-state index contributed by atoms with van der Waals surface area (Å²) in [7, 11) is 0. The molecule has 10 heteroatoms. The Labute approximate surface area is 214 Å². The number of piperidine rings is 2. The summed E-state index contributed by atoms with van der Waals surface area (Å²) >= 11 is 0. The maximum atomic E-state index is 13.6. The Morgan fingerprint density at radius 2 is 1.39 bits per heavy atom. The van der Waals surface area contributed by atoms with E-state index in [-0.39, 0.29) is 36.1 Å². The molecule has 4 rings (SSSR count). The third-order valence-electron chi connectivity index (χ3n) is 8.61. The predicted octanol–water partition coefficient (Wildman–Crippen LogP) is -0.0345. The van der Waals surface area contributed by atoms with Crippen molar-refractivity contribution in [2.45, 2.75) is 76.3 Å². The van der Waals surface area contributed by atoms with Crippen LogP contribution in [0.1, 0.15) is 64.2 Å². The number of primary amides is 1. The Morgan fingerprint density at radius 1 is 0.806 bits per heavy atom. The molecular weight excluding hydrogens is 460 g/mol. The standard InChI is InChI=1S/C26H44N6O4/c27-23(33)21(16-18-4-2-1-3-5-18)30-24(34)22-17-31(25(35)19-6-10-28-11-7-19)14-15-32(22)26(36)20-8-12-29-13-9-20/h18-22,28-29H,1-17H2,(H2,27,33)(H,30,34)/t21-,22+/m0/s1. The molecule has 0 aromatic heterocycles. The van der Waals surface area contributed by atoms with Gasteiger partial charge in [0.15, 0.2) is 0 Å². The Kier molecular flexibility index (Phi) is 9.59. The number of nitrogens with zero attached hydrogens (tertiary/aromatic N) is 2. The van der Waals surface area contributed by atoms with Crippen molar-refractivity contribution >= 4 is 23.6 Å². The van der Waals surface area contributed by atoms with Gasteiger partial charge in [0.25, 0.3) is 0 Å². The fraction of sp³-hybridized carbons (Fsp3) is 0.846. The third kappa shape index (κ3) is 6.76. The van der Waals surface area contributed by atoms with Crippen LogP contribution in [-0.4, -0.2) is 91.3 Å². The zero-order valence-electron chi connectivity index (χ0n) is 21.5. The normalized spacial score (nSPS) is 25.8. The fourth-order valence-corrected chi connectivity index (χ4v) is 6.37. The van der Waals surface area contributed by atoms with Gasteiger partial charge in [0.05, 0.1) is 6.54 Å². The predicted molar refractivity (Wildman–Crippen MR) is 136 cm³/mol. The Morgan fingerprint density at radius 3 is 1.97 bits per heavy atom. The Hall–Kier alpha value is -2.20. The van der Waals surface area contributed by atoms with Crippen molar-refractivity contribution in [2.24, 2.45) is 23.5 Å². The van der Waals surface area contributed by atoms with Gasteiger partial charge in [-0.15, -0.1) is 0 Å². The number of nitrogens with two attached hydrogens (primary N) is 1. The smallest absolute Gasteiger partial charge is 0.245 e. The largest absolute Gasteiger partial charge is 0.368 e. The molecule has 0 aromatic rings. The molecule has 4 fully saturated rings. The molecule has 0 bridgehead atoms. The van der Waals surface area contributed by atoms with E-state index in [1.54, 1.807) is 9.80 Å². The third-order valence-corrected chi connectivity index (χ3v) is 8.61. The second kappa shape index (κ2) is 12.9. The van der Waals surface area contributed by atoms with Crippen LogP contribution in [0.15, 0.2) is 0 Å². The van der Waals surface area contributed by atoms with E-state index in [4.69, 9.17) is 5.73 Å². The molecule has 1 aliphatic carbocycles. The second-order valence-corrected chi connectivity index (χ2v) is 11.1. The average molecular weight is 505 g/mol. The van der Waals surface area contributed by atoms with E-state index in [1.807, 2.05) is 0 Å². The van der Waals surface area contributed by atoms with Gasteiger partial charge >= 0.3 is 0 Å². The van der Waals surface area contributed by atoms with E-state index >= 15 is 0 Å². The lowest BCUT2D eigenvalue weighted by atomic mass is 9.84. The summed E-state index contributed by atoms with van der Waals surface area (Å²) in [6.07, 6.45) is 9.17. The Bertz CT molecular complexity index is 789. The van der Waals surface area contributed by atoms with Gasteiger partial charge in [-0.25, -0.2) is 0 Å². The molecule has 5 N–H and O–H groups in total. The topological polar surface area (TPSA) is 137 Å². The average Bonchev–Trinajstić information content (AvgIpc) is 2.93. The van der Waals surface area contributed by atoms with E-state index in [2.05, 4.69) is 16.0 Å². The quantitative estimate of drug-likeness (QED) is 0.384. The summed E-state index contributed by atoms with van der Waals surface area (Å²) in [5, 5.41) is 9.46. The van der Waals surface area contributed by atoms with Crippen LogP contribution in [0.25, 0.3) is 0 Å². The summed E-state index contributed by atoms with van der Waals surface area (Å²) in [6, 6.07) is -1.56. The van der Waals surface area contributed by atoms with Crippen molar-refractivity contribution in [1.29, 1.82) is 0 Å². The lowest BCUT2D eigenvalue weighted by molar-refractivity contribution is -0.153. The number of hydrogen-bond acceptors (Lipinski definition) is 6. The number of rotatable bonds is 7. The van der Waals surface area contributed by atoms with Crippen LogP contribution in [0.3, 0.4) is 0 Å². The van der Waals surface area contributed by atoms with Gasteiger partial charge in [-0.1, -0.05) is 32.1 Å². The minimum Gasteiger partial charge on any atom is -0.368 e. The molecule has 3 aliphatic heterocycles. The fourth-order valence-electron chi connectivity index (χ4n) is 6.37. The van der Waals surface area contributed by atoms with Crippen molar-refractivity contribution in [3.05, 3.63) is 0 Å². The van der Waals surface area contributed by atoms with Crippen LogP contribution in [0.4, 0.5) is 0 Å². The number of carbonyl (C=O) groups is 4. The first kappa shape index (κ1) is 26.9. The van der Waals surface area contributed by atoms with Gasteiger partial charge in [0, 0.05) is 24.9 Å². The molecule has 0 radical (unpaired) electrons. The molecule has 10 nitrogen and oxygen atoms in total.